The molecule has 0 aliphatic heterocycles. The van der Waals surface area contributed by atoms with Gasteiger partial charge in [-0.2, -0.15) is 5.10 Å². The molecular formula is C20H19N7O. The molecule has 0 aliphatic rings. The molecule has 0 aliphatic carbocycles. The monoisotopic (exact) mass is 373 g/mol. The van der Waals surface area contributed by atoms with Crippen LogP contribution in [0.2, 0.25) is 0 Å². The van der Waals surface area contributed by atoms with Gasteiger partial charge in [-0.15, -0.1) is 5.10 Å². The van der Waals surface area contributed by atoms with Gasteiger partial charge in [0.25, 0.3) is 5.91 Å². The first-order chi connectivity index (χ1) is 13.5. The summed E-state index contributed by atoms with van der Waals surface area (Å²) in [6.07, 6.45) is 1.87. The molecule has 140 valence electrons. The minimum absolute atomic E-state index is 0.0983. The number of fused-ring (bicyclic) bond motifs is 2. The second-order valence-electron chi connectivity index (χ2n) is 6.43. The van der Waals surface area contributed by atoms with E-state index in [1.54, 1.807) is 6.07 Å². The fourth-order valence-electron chi connectivity index (χ4n) is 3.00. The summed E-state index contributed by atoms with van der Waals surface area (Å²) < 4.78 is 0. The summed E-state index contributed by atoms with van der Waals surface area (Å²) in [6.45, 7) is 1.81. The van der Waals surface area contributed by atoms with Crippen LogP contribution in [-0.2, 0) is 0 Å². The molecular weight excluding hydrogens is 354 g/mol. The van der Waals surface area contributed by atoms with Crippen molar-refractivity contribution in [2.75, 3.05) is 5.32 Å². The van der Waals surface area contributed by atoms with Crippen LogP contribution < -0.4 is 16.8 Å². The largest absolute Gasteiger partial charge is 0.369 e. The third kappa shape index (κ3) is 3.43. The molecule has 8 heteroatoms. The molecule has 28 heavy (non-hydrogen) atoms. The molecule has 0 spiro atoms. The number of nitrogens with two attached hydrogens (primary N) is 2. The molecule has 0 saturated heterocycles. The van der Waals surface area contributed by atoms with Gasteiger partial charge >= 0.3 is 0 Å². The molecule has 7 N–H and O–H groups in total. The number of nitrogens with zero attached hydrogens (tertiary/aromatic N) is 2. The zero-order valence-electron chi connectivity index (χ0n) is 15.2. The van der Waals surface area contributed by atoms with E-state index in [4.69, 9.17) is 11.5 Å². The number of carbonyl (C=O) groups excluding carboxylic acids is 1. The molecule has 0 unspecified atom stereocenters. The zero-order chi connectivity index (χ0) is 19.7. The molecule has 0 bridgehead atoms. The van der Waals surface area contributed by atoms with Crippen molar-refractivity contribution in [2.45, 2.75) is 6.92 Å². The first-order valence-electron chi connectivity index (χ1n) is 8.64. The summed E-state index contributed by atoms with van der Waals surface area (Å²) in [5.41, 5.74) is 15.2. The van der Waals surface area contributed by atoms with Gasteiger partial charge in [-0.25, -0.2) is 0 Å². The first-order valence-corrected chi connectivity index (χ1v) is 8.64. The second-order valence-corrected chi connectivity index (χ2v) is 6.43. The fraction of sp³-hybridized carbons (Fsp3) is 0.0500. The number of carbonyl (C=O) groups is 1. The number of hydrogen-bond donors (Lipinski definition) is 5. The topological polar surface area (TPSA) is 137 Å². The van der Waals surface area contributed by atoms with Crippen molar-refractivity contribution in [2.24, 2.45) is 21.7 Å². The standard InChI is InChI=1S/C20H19N7O/c1-11(26-27-20(21)22)12-2-4-17-14(8-12)10-18(25-17)19(28)24-15-3-5-16-13(9-15)6-7-23-16/h2-10,23,25H,1H3,(H,24,28)(H4,21,22,27)/b26-11-. The lowest BCUT2D eigenvalue weighted by Crippen LogP contribution is -2.22. The van der Waals surface area contributed by atoms with Gasteiger partial charge < -0.3 is 26.8 Å². The maximum Gasteiger partial charge on any atom is 0.272 e. The highest BCUT2D eigenvalue weighted by atomic mass is 16.1. The predicted molar refractivity (Wildman–Crippen MR) is 113 cm³/mol. The normalized spacial score (nSPS) is 11.7. The van der Waals surface area contributed by atoms with Crippen molar-refractivity contribution in [1.29, 1.82) is 0 Å². The van der Waals surface area contributed by atoms with Crippen LogP contribution in [-0.4, -0.2) is 27.5 Å². The average molecular weight is 373 g/mol. The van der Waals surface area contributed by atoms with Gasteiger partial charge in [0.05, 0.1) is 5.71 Å². The lowest BCUT2D eigenvalue weighted by atomic mass is 10.1. The summed E-state index contributed by atoms with van der Waals surface area (Å²) in [5, 5.41) is 12.5. The number of guanidine groups is 1. The lowest BCUT2D eigenvalue weighted by Gasteiger charge is -2.03. The molecule has 2 aromatic heterocycles. The number of nitrogens with one attached hydrogen (secondary N) is 3. The van der Waals surface area contributed by atoms with E-state index in [2.05, 4.69) is 25.5 Å². The quantitative estimate of drug-likeness (QED) is 0.214. The van der Waals surface area contributed by atoms with Crippen LogP contribution in [0.3, 0.4) is 0 Å². The van der Waals surface area contributed by atoms with Gasteiger partial charge in [0.2, 0.25) is 5.96 Å². The predicted octanol–water partition coefficient (Wildman–Crippen LogP) is 2.90. The third-order valence-electron chi connectivity index (χ3n) is 4.41. The Balaban J connectivity index is 1.59. The Kier molecular flexibility index (Phi) is 4.29. The number of benzene rings is 2. The van der Waals surface area contributed by atoms with E-state index in [0.29, 0.717) is 11.4 Å². The molecule has 2 heterocycles. The molecule has 0 saturated carbocycles. The Bertz CT molecular complexity index is 1240. The Labute approximate surface area is 160 Å². The molecule has 8 nitrogen and oxygen atoms in total. The molecule has 0 radical (unpaired) electrons. The van der Waals surface area contributed by atoms with E-state index >= 15 is 0 Å². The van der Waals surface area contributed by atoms with Crippen LogP contribution in [0.4, 0.5) is 5.69 Å². The van der Waals surface area contributed by atoms with E-state index < -0.39 is 0 Å². The summed E-state index contributed by atoms with van der Waals surface area (Å²) in [6, 6.07) is 15.2. The number of hydrogen-bond acceptors (Lipinski definition) is 3. The van der Waals surface area contributed by atoms with Gasteiger partial charge in [0.15, 0.2) is 0 Å². The van der Waals surface area contributed by atoms with Crippen LogP contribution in [0.5, 0.6) is 0 Å². The minimum atomic E-state index is -0.210. The van der Waals surface area contributed by atoms with Crippen LogP contribution >= 0.6 is 0 Å². The van der Waals surface area contributed by atoms with Gasteiger partial charge in [-0.05, 0) is 55.0 Å². The van der Waals surface area contributed by atoms with Crippen molar-refractivity contribution >= 4 is 45.1 Å². The van der Waals surface area contributed by atoms with Gasteiger partial charge in [-0.3, -0.25) is 4.79 Å². The Morgan fingerprint density at radius 3 is 2.61 bits per heavy atom. The Morgan fingerprint density at radius 2 is 1.79 bits per heavy atom. The zero-order valence-corrected chi connectivity index (χ0v) is 15.2. The highest BCUT2D eigenvalue weighted by Crippen LogP contribution is 2.21. The van der Waals surface area contributed by atoms with Crippen molar-refractivity contribution in [3.05, 3.63) is 66.0 Å². The molecule has 4 rings (SSSR count). The smallest absolute Gasteiger partial charge is 0.272 e. The number of amides is 1. The molecule has 4 aromatic rings. The molecule has 0 atom stereocenters. The highest BCUT2D eigenvalue weighted by Gasteiger charge is 2.11. The van der Waals surface area contributed by atoms with Crippen molar-refractivity contribution in [1.82, 2.24) is 9.97 Å². The van der Waals surface area contributed by atoms with Crippen LogP contribution in [0.25, 0.3) is 21.8 Å². The Hall–Kier alpha value is -4.07. The molecule has 2 aromatic carbocycles. The summed E-state index contributed by atoms with van der Waals surface area (Å²) in [5.74, 6) is -0.308. The average Bonchev–Trinajstić information content (AvgIpc) is 3.31. The highest BCUT2D eigenvalue weighted by molar-refractivity contribution is 6.08. The molecule has 1 amide bonds. The maximum atomic E-state index is 12.6. The Morgan fingerprint density at radius 1 is 0.964 bits per heavy atom. The number of rotatable bonds is 4. The number of aromatic nitrogens is 2. The van der Waals surface area contributed by atoms with E-state index in [0.717, 1.165) is 33.1 Å². The van der Waals surface area contributed by atoms with E-state index in [9.17, 15) is 4.79 Å². The second kappa shape index (κ2) is 6.92. The maximum absolute atomic E-state index is 12.6. The van der Waals surface area contributed by atoms with E-state index in [1.807, 2.05) is 55.6 Å². The summed E-state index contributed by atoms with van der Waals surface area (Å²) >= 11 is 0. The van der Waals surface area contributed by atoms with Crippen molar-refractivity contribution in [3.63, 3.8) is 0 Å². The van der Waals surface area contributed by atoms with Gasteiger partial charge in [-0.1, -0.05) is 6.07 Å². The van der Waals surface area contributed by atoms with Crippen LogP contribution in [0.1, 0.15) is 23.0 Å². The summed E-state index contributed by atoms with van der Waals surface area (Å²) in [7, 11) is 0. The summed E-state index contributed by atoms with van der Waals surface area (Å²) in [4.78, 5) is 18.9. The van der Waals surface area contributed by atoms with E-state index in [1.165, 1.54) is 0 Å². The molecule has 0 fully saturated rings. The number of anilines is 1. The number of aromatic amines is 2. The van der Waals surface area contributed by atoms with Crippen molar-refractivity contribution in [3.8, 4) is 0 Å². The van der Waals surface area contributed by atoms with Crippen LogP contribution in [0.15, 0.2) is 64.9 Å². The fourth-order valence-corrected chi connectivity index (χ4v) is 3.00. The first kappa shape index (κ1) is 17.3. The van der Waals surface area contributed by atoms with Gasteiger partial charge in [0, 0.05) is 33.7 Å². The lowest BCUT2D eigenvalue weighted by molar-refractivity contribution is 0.102. The SMILES string of the molecule is C/C(=N/N=C(N)N)c1ccc2[nH]c(C(=O)Nc3ccc4[nH]ccc4c3)cc2c1. The van der Waals surface area contributed by atoms with Crippen LogP contribution in [0, 0.1) is 0 Å². The van der Waals surface area contributed by atoms with Gasteiger partial charge in [0.1, 0.15) is 5.69 Å². The van der Waals surface area contributed by atoms with Crippen molar-refractivity contribution < 1.29 is 4.79 Å². The third-order valence-corrected chi connectivity index (χ3v) is 4.41. The number of H-pyrrole nitrogens is 2. The van der Waals surface area contributed by atoms with E-state index in [-0.39, 0.29) is 11.9 Å². The minimum Gasteiger partial charge on any atom is -0.369 e.